The van der Waals surface area contributed by atoms with Crippen molar-refractivity contribution in [3.05, 3.63) is 71.1 Å². The Balaban J connectivity index is 0.000000322. The largest absolute Gasteiger partial charge is 0.512 e. The first kappa shape index (κ1) is 38.6. The van der Waals surface area contributed by atoms with Gasteiger partial charge in [-0.15, -0.1) is 29.5 Å². The summed E-state index contributed by atoms with van der Waals surface area (Å²) in [6.45, 7) is 21.4. The second-order valence-corrected chi connectivity index (χ2v) is 15.6. The fourth-order valence-electron chi connectivity index (χ4n) is 5.81. The number of pyridine rings is 1. The minimum atomic E-state index is 0. The van der Waals surface area contributed by atoms with E-state index < -0.39 is 0 Å². The van der Waals surface area contributed by atoms with Gasteiger partial charge in [0.25, 0.3) is 0 Å². The van der Waals surface area contributed by atoms with Gasteiger partial charge in [-0.25, -0.2) is 4.98 Å². The zero-order valence-electron chi connectivity index (χ0n) is 29.7. The van der Waals surface area contributed by atoms with Crippen LogP contribution in [-0.4, -0.2) is 20.9 Å². The molecule has 0 unspecified atom stereocenters. The molecular formula is C40H51IrN2O3S-. The molecule has 0 aliphatic carbocycles. The number of thiazole rings is 1. The number of hydrogen-bond acceptors (Lipinski definition) is 6. The topological polar surface area (TPSA) is 76.2 Å². The molecule has 1 N–H and O–H groups in total. The molecule has 0 saturated heterocycles. The minimum Gasteiger partial charge on any atom is -0.512 e. The third-order valence-electron chi connectivity index (χ3n) is 8.50. The SMILES string of the molecule is CC(C)(C)Cc1ccnc(-c2[c-]ccc3c2oc2c3ccc3sc(C(C)(C)C)nc32)c1.CCC(CC)C(=O)/C=C(\O)C(CC)CC.[Ir]. The monoisotopic (exact) mass is 832 g/mol. The molecule has 5 nitrogen and oxygen atoms in total. The molecule has 5 rings (SSSR count). The zero-order valence-corrected chi connectivity index (χ0v) is 32.9. The number of nitrogens with zero attached hydrogens (tertiary/aromatic N) is 2. The van der Waals surface area contributed by atoms with Gasteiger partial charge in [-0.05, 0) is 55.3 Å². The van der Waals surface area contributed by atoms with E-state index in [0.717, 1.165) is 80.5 Å². The quantitative estimate of drug-likeness (QED) is 0.0909. The second kappa shape index (κ2) is 16.0. The molecule has 0 aliphatic heterocycles. The van der Waals surface area contributed by atoms with E-state index in [-0.39, 0.29) is 54.3 Å². The van der Waals surface area contributed by atoms with Crippen molar-refractivity contribution >= 4 is 49.3 Å². The van der Waals surface area contributed by atoms with Crippen LogP contribution in [0.5, 0.6) is 0 Å². The Kier molecular flexibility index (Phi) is 13.2. The fourth-order valence-corrected chi connectivity index (χ4v) is 6.84. The van der Waals surface area contributed by atoms with Gasteiger partial charge in [-0.1, -0.05) is 97.9 Å². The summed E-state index contributed by atoms with van der Waals surface area (Å²) in [6, 6.07) is 16.0. The van der Waals surface area contributed by atoms with Crippen molar-refractivity contribution in [3.63, 3.8) is 0 Å². The van der Waals surface area contributed by atoms with Crippen LogP contribution in [0, 0.1) is 23.3 Å². The fraction of sp³-hybridized carbons (Fsp3) is 0.475. The number of fused-ring (bicyclic) bond motifs is 5. The molecule has 0 aliphatic rings. The maximum absolute atomic E-state index is 11.7. The molecule has 0 atom stereocenters. The molecule has 3 heterocycles. The third kappa shape index (κ3) is 9.19. The van der Waals surface area contributed by atoms with Crippen molar-refractivity contribution < 1.29 is 34.4 Å². The number of carbonyl (C=O) groups is 1. The summed E-state index contributed by atoms with van der Waals surface area (Å²) in [5.41, 5.74) is 5.94. The van der Waals surface area contributed by atoms with Crippen molar-refractivity contribution in [2.45, 2.75) is 107 Å². The molecule has 0 spiro atoms. The number of hydrogen-bond donors (Lipinski definition) is 1. The van der Waals surface area contributed by atoms with Gasteiger partial charge in [0.05, 0.1) is 21.0 Å². The number of rotatable bonds is 9. The van der Waals surface area contributed by atoms with Gasteiger partial charge in [-0.3, -0.25) is 4.79 Å². The Morgan fingerprint density at radius 1 is 0.936 bits per heavy atom. The summed E-state index contributed by atoms with van der Waals surface area (Å²) in [6.07, 6.45) is 7.79. The van der Waals surface area contributed by atoms with Gasteiger partial charge in [-0.2, -0.15) is 0 Å². The number of aromatic nitrogens is 2. The normalized spacial score (nSPS) is 12.6. The summed E-state index contributed by atoms with van der Waals surface area (Å²) >= 11 is 1.75. The standard InChI is InChI=1S/C27H27N2OS.C13H24O2.Ir/c1-26(2,3)15-16-12-13-28-20(14-16)19-9-7-8-17-18-10-11-21-22(24(18)30-23(17)19)29-25(31-21)27(4,5)6;1-5-10(6-2)12(14)9-13(15)11(7-3)8-4;/h7-8,10-14H,15H2,1-6H3;9-11,14H,5-8H2,1-4H3;/q-1;;/b;12-9-;. The van der Waals surface area contributed by atoms with Crippen LogP contribution >= 0.6 is 11.3 Å². The maximum Gasteiger partial charge on any atom is 0.162 e. The van der Waals surface area contributed by atoms with Gasteiger partial charge < -0.3 is 14.5 Å². The molecule has 7 heteroatoms. The Morgan fingerprint density at radius 3 is 2.17 bits per heavy atom. The smallest absolute Gasteiger partial charge is 0.162 e. The Labute approximate surface area is 298 Å². The van der Waals surface area contributed by atoms with Gasteiger partial charge in [0.2, 0.25) is 0 Å². The molecule has 0 bridgehead atoms. The number of allylic oxidation sites excluding steroid dienone is 2. The number of ketones is 1. The van der Waals surface area contributed by atoms with E-state index in [2.05, 4.69) is 82.9 Å². The van der Waals surface area contributed by atoms with Crippen LogP contribution in [0.1, 0.15) is 105 Å². The molecule has 47 heavy (non-hydrogen) atoms. The summed E-state index contributed by atoms with van der Waals surface area (Å²) in [5.74, 6) is 0.547. The third-order valence-corrected chi connectivity index (χ3v) is 9.94. The van der Waals surface area contributed by atoms with Gasteiger partial charge in [0, 0.05) is 55.0 Å². The number of aliphatic hydroxyl groups is 1. The molecule has 0 fully saturated rings. The molecule has 2 aromatic carbocycles. The van der Waals surface area contributed by atoms with Crippen molar-refractivity contribution in [2.75, 3.05) is 0 Å². The first-order valence-electron chi connectivity index (χ1n) is 16.8. The maximum atomic E-state index is 11.7. The Hall–Kier alpha value is -2.86. The van der Waals surface area contributed by atoms with Crippen LogP contribution in [0.4, 0.5) is 0 Å². The first-order chi connectivity index (χ1) is 21.7. The number of furan rings is 1. The van der Waals surface area contributed by atoms with E-state index in [9.17, 15) is 9.90 Å². The average Bonchev–Trinajstić information content (AvgIpc) is 3.60. The summed E-state index contributed by atoms with van der Waals surface area (Å²) in [5, 5.41) is 13.1. The summed E-state index contributed by atoms with van der Waals surface area (Å²) in [4.78, 5) is 21.3. The minimum absolute atomic E-state index is 0. The van der Waals surface area contributed by atoms with Crippen molar-refractivity contribution in [2.24, 2.45) is 17.3 Å². The second-order valence-electron chi connectivity index (χ2n) is 14.5. The molecule has 0 saturated carbocycles. The van der Waals surface area contributed by atoms with Gasteiger partial charge >= 0.3 is 0 Å². The molecule has 1 radical (unpaired) electrons. The van der Waals surface area contributed by atoms with Crippen molar-refractivity contribution in [1.29, 1.82) is 0 Å². The van der Waals surface area contributed by atoms with Gasteiger partial charge in [0.1, 0.15) is 11.1 Å². The Bertz CT molecular complexity index is 1830. The van der Waals surface area contributed by atoms with E-state index in [1.165, 1.54) is 11.6 Å². The van der Waals surface area contributed by atoms with Crippen LogP contribution in [0.25, 0.3) is 43.4 Å². The van der Waals surface area contributed by atoms with E-state index in [1.54, 1.807) is 11.3 Å². The average molecular weight is 832 g/mol. The number of benzene rings is 2. The van der Waals surface area contributed by atoms with Crippen LogP contribution in [-0.2, 0) is 36.7 Å². The molecule has 3 aromatic heterocycles. The molecular weight excluding hydrogens is 781 g/mol. The first-order valence-corrected chi connectivity index (χ1v) is 17.6. The summed E-state index contributed by atoms with van der Waals surface area (Å²) in [7, 11) is 0. The van der Waals surface area contributed by atoms with E-state index in [0.29, 0.717) is 0 Å². The van der Waals surface area contributed by atoms with Crippen molar-refractivity contribution in [3.8, 4) is 11.3 Å². The molecule has 255 valence electrons. The van der Waals surface area contributed by atoms with E-state index in [1.807, 2.05) is 40.0 Å². The molecule has 0 amide bonds. The van der Waals surface area contributed by atoms with Crippen molar-refractivity contribution in [1.82, 2.24) is 9.97 Å². The predicted octanol–water partition coefficient (Wildman–Crippen LogP) is 11.8. The van der Waals surface area contributed by atoms with Crippen LogP contribution in [0.2, 0.25) is 0 Å². The van der Waals surface area contributed by atoms with Gasteiger partial charge in [0.15, 0.2) is 5.78 Å². The van der Waals surface area contributed by atoms with Crippen LogP contribution in [0.3, 0.4) is 0 Å². The number of aliphatic hydroxyl groups excluding tert-OH is 1. The van der Waals surface area contributed by atoms with E-state index >= 15 is 0 Å². The Morgan fingerprint density at radius 2 is 1.57 bits per heavy atom. The van der Waals surface area contributed by atoms with Crippen LogP contribution in [0.15, 0.2) is 58.8 Å². The number of carbonyl (C=O) groups excluding carboxylic acids is 1. The zero-order chi connectivity index (χ0) is 33.8. The summed E-state index contributed by atoms with van der Waals surface area (Å²) < 4.78 is 7.65. The van der Waals surface area contributed by atoms with Crippen LogP contribution < -0.4 is 0 Å². The van der Waals surface area contributed by atoms with E-state index in [4.69, 9.17) is 9.40 Å². The molecule has 5 aromatic rings. The predicted molar refractivity (Wildman–Crippen MR) is 195 cm³/mol.